The van der Waals surface area contributed by atoms with E-state index in [1.54, 1.807) is 6.92 Å². The van der Waals surface area contributed by atoms with E-state index in [9.17, 15) is 21.6 Å². The van der Waals surface area contributed by atoms with E-state index in [1.165, 1.54) is 18.2 Å². The lowest BCUT2D eigenvalue weighted by Gasteiger charge is -2.25. The third-order valence-electron chi connectivity index (χ3n) is 5.05. The van der Waals surface area contributed by atoms with E-state index in [2.05, 4.69) is 4.72 Å². The molecular formula is C20H25N3O5S2. The van der Waals surface area contributed by atoms with Crippen LogP contribution in [-0.4, -0.2) is 54.0 Å². The first-order valence-corrected chi connectivity index (χ1v) is 12.5. The maximum absolute atomic E-state index is 13.0. The fraction of sp³-hybridized carbons (Fsp3) is 0.350. The highest BCUT2D eigenvalue weighted by Gasteiger charge is 2.37. The predicted molar refractivity (Wildman–Crippen MR) is 115 cm³/mol. The summed E-state index contributed by atoms with van der Waals surface area (Å²) < 4.78 is 53.8. The average molecular weight is 452 g/mol. The van der Waals surface area contributed by atoms with Gasteiger partial charge >= 0.3 is 0 Å². The number of nitrogens with zero attached hydrogens (tertiary/aromatic N) is 2. The Labute approximate surface area is 177 Å². The third-order valence-corrected chi connectivity index (χ3v) is 8.31. The molecule has 1 aliphatic heterocycles. The summed E-state index contributed by atoms with van der Waals surface area (Å²) in [5.41, 5.74) is 1.46. The van der Waals surface area contributed by atoms with Gasteiger partial charge in [-0.3, -0.25) is 4.79 Å². The Bertz CT molecular complexity index is 1150. The Balaban J connectivity index is 1.90. The summed E-state index contributed by atoms with van der Waals surface area (Å²) in [5.74, 6) is -0.839. The van der Waals surface area contributed by atoms with Crippen LogP contribution in [0.3, 0.4) is 0 Å². The van der Waals surface area contributed by atoms with Crippen LogP contribution in [-0.2, 0) is 24.8 Å². The fourth-order valence-corrected chi connectivity index (χ4v) is 6.17. The van der Waals surface area contributed by atoms with Crippen molar-refractivity contribution in [3.8, 4) is 0 Å². The summed E-state index contributed by atoms with van der Waals surface area (Å²) in [4.78, 5) is 13.9. The molecule has 10 heteroatoms. The van der Waals surface area contributed by atoms with E-state index < -0.39 is 26.0 Å². The number of anilines is 1. The molecule has 1 saturated heterocycles. The van der Waals surface area contributed by atoms with Gasteiger partial charge in [0.2, 0.25) is 26.0 Å². The Morgan fingerprint density at radius 3 is 2.37 bits per heavy atom. The molecule has 2 aromatic rings. The molecule has 162 valence electrons. The molecule has 0 unspecified atom stereocenters. The lowest BCUT2D eigenvalue weighted by atomic mass is 10.1. The molecule has 0 spiro atoms. The van der Waals surface area contributed by atoms with Gasteiger partial charge in [-0.05, 0) is 44.3 Å². The number of hydrogen-bond donors (Lipinski definition) is 1. The smallest absolute Gasteiger partial charge is 0.242 e. The van der Waals surface area contributed by atoms with Gasteiger partial charge in [-0.25, -0.2) is 25.9 Å². The number of rotatable bonds is 7. The summed E-state index contributed by atoms with van der Waals surface area (Å²) in [5, 5.41) is 0. The lowest BCUT2D eigenvalue weighted by molar-refractivity contribution is -0.116. The molecule has 0 saturated carbocycles. The van der Waals surface area contributed by atoms with Crippen molar-refractivity contribution in [3.05, 3.63) is 59.7 Å². The number of hydrogen-bond acceptors (Lipinski definition) is 6. The number of carbonyl (C=O) groups excluding carboxylic acids is 1. The Morgan fingerprint density at radius 2 is 1.80 bits per heavy atom. The molecule has 30 heavy (non-hydrogen) atoms. The minimum absolute atomic E-state index is 0.0377. The number of carbonyl (C=O) groups is 1. The van der Waals surface area contributed by atoms with E-state index in [-0.39, 0.29) is 35.3 Å². The number of sulfonamides is 2. The van der Waals surface area contributed by atoms with Gasteiger partial charge < -0.3 is 4.90 Å². The highest BCUT2D eigenvalue weighted by atomic mass is 32.2. The van der Waals surface area contributed by atoms with Crippen LogP contribution in [0.25, 0.3) is 0 Å². The van der Waals surface area contributed by atoms with E-state index in [1.807, 2.05) is 49.3 Å². The minimum Gasteiger partial charge on any atom is -0.301 e. The highest BCUT2D eigenvalue weighted by Crippen LogP contribution is 2.29. The molecule has 0 bridgehead atoms. The van der Waals surface area contributed by atoms with E-state index >= 15 is 0 Å². The minimum atomic E-state index is -3.94. The fourth-order valence-electron chi connectivity index (χ4n) is 3.41. The summed E-state index contributed by atoms with van der Waals surface area (Å²) >= 11 is 0. The molecular weight excluding hydrogens is 426 g/mol. The molecule has 1 aliphatic rings. The Hall–Kier alpha value is -2.27. The van der Waals surface area contributed by atoms with Crippen LogP contribution in [0.15, 0.2) is 53.4 Å². The first kappa shape index (κ1) is 22.4. The van der Waals surface area contributed by atoms with Crippen molar-refractivity contribution in [1.82, 2.24) is 9.62 Å². The zero-order valence-corrected chi connectivity index (χ0v) is 18.7. The predicted octanol–water partition coefficient (Wildman–Crippen LogP) is 1.64. The van der Waals surface area contributed by atoms with Crippen molar-refractivity contribution in [2.24, 2.45) is 0 Å². The van der Waals surface area contributed by atoms with E-state index in [0.717, 1.165) is 5.56 Å². The molecule has 1 N–H and O–H groups in total. The molecule has 3 rings (SSSR count). The van der Waals surface area contributed by atoms with Crippen molar-refractivity contribution in [1.29, 1.82) is 0 Å². The summed E-state index contributed by atoms with van der Waals surface area (Å²) in [6, 6.07) is 13.5. The van der Waals surface area contributed by atoms with Crippen molar-refractivity contribution in [3.63, 3.8) is 0 Å². The number of aryl methyl sites for hydroxylation is 1. The molecule has 8 nitrogen and oxygen atoms in total. The van der Waals surface area contributed by atoms with Crippen LogP contribution in [0.4, 0.5) is 5.69 Å². The number of benzene rings is 2. The lowest BCUT2D eigenvalue weighted by Crippen LogP contribution is -2.35. The van der Waals surface area contributed by atoms with Gasteiger partial charge in [-0.2, -0.15) is 0 Å². The summed E-state index contributed by atoms with van der Waals surface area (Å²) in [7, 11) is -3.99. The van der Waals surface area contributed by atoms with Gasteiger partial charge in [-0.1, -0.05) is 36.4 Å². The van der Waals surface area contributed by atoms with Crippen molar-refractivity contribution < 1.29 is 21.6 Å². The van der Waals surface area contributed by atoms with Gasteiger partial charge in [0.05, 0.1) is 16.3 Å². The molecule has 0 aromatic heterocycles. The van der Waals surface area contributed by atoms with Crippen LogP contribution in [0.2, 0.25) is 0 Å². The number of amides is 1. The van der Waals surface area contributed by atoms with Gasteiger partial charge in [0.25, 0.3) is 0 Å². The summed E-state index contributed by atoms with van der Waals surface area (Å²) in [6.07, 6.45) is -0.113. The standard InChI is InChI=1S/C20H25N3O5S2/c1-15-9-10-17(23-20(24)11-12-29(23,25)26)13-19(15)30(27,28)21-14-18(22(2)3)16-7-5-4-6-8-16/h4-10,13,18,21H,11-12,14H2,1-3H3/t18-/m0/s1. The van der Waals surface area contributed by atoms with Crippen LogP contribution < -0.4 is 9.03 Å². The van der Waals surface area contributed by atoms with Crippen LogP contribution in [0, 0.1) is 6.92 Å². The van der Waals surface area contributed by atoms with Crippen molar-refractivity contribution >= 4 is 31.6 Å². The second kappa shape index (κ2) is 8.46. The van der Waals surface area contributed by atoms with Crippen molar-refractivity contribution in [2.75, 3.05) is 30.7 Å². The molecule has 0 radical (unpaired) electrons. The normalized spacial score (nSPS) is 17.5. The SMILES string of the molecule is Cc1ccc(N2C(=O)CCS2(=O)=O)cc1S(=O)(=O)NC[C@@H](c1ccccc1)N(C)C. The molecule has 1 heterocycles. The Kier molecular flexibility index (Phi) is 6.32. The Morgan fingerprint density at radius 1 is 1.13 bits per heavy atom. The van der Waals surface area contributed by atoms with Crippen LogP contribution >= 0.6 is 0 Å². The van der Waals surface area contributed by atoms with Gasteiger partial charge in [0, 0.05) is 19.0 Å². The zero-order chi connectivity index (χ0) is 22.1. The zero-order valence-electron chi connectivity index (χ0n) is 17.1. The van der Waals surface area contributed by atoms with Gasteiger partial charge in [0.15, 0.2) is 0 Å². The molecule has 2 aromatic carbocycles. The van der Waals surface area contributed by atoms with Gasteiger partial charge in [0.1, 0.15) is 0 Å². The maximum Gasteiger partial charge on any atom is 0.242 e. The second-order valence-electron chi connectivity index (χ2n) is 7.42. The van der Waals surface area contributed by atoms with Crippen LogP contribution in [0.1, 0.15) is 23.6 Å². The third kappa shape index (κ3) is 4.56. The van der Waals surface area contributed by atoms with Crippen LogP contribution in [0.5, 0.6) is 0 Å². The number of nitrogens with one attached hydrogen (secondary N) is 1. The van der Waals surface area contributed by atoms with Crippen molar-refractivity contribution in [2.45, 2.75) is 24.3 Å². The quantitative estimate of drug-likeness (QED) is 0.686. The molecule has 1 atom stereocenters. The first-order chi connectivity index (χ1) is 14.0. The second-order valence-corrected chi connectivity index (χ2v) is 11.1. The first-order valence-electron chi connectivity index (χ1n) is 9.40. The maximum atomic E-state index is 13.0. The summed E-state index contributed by atoms with van der Waals surface area (Å²) in [6.45, 7) is 1.75. The average Bonchev–Trinajstić information content (AvgIpc) is 2.95. The van der Waals surface area contributed by atoms with E-state index in [4.69, 9.17) is 0 Å². The largest absolute Gasteiger partial charge is 0.301 e. The molecule has 0 aliphatic carbocycles. The van der Waals surface area contributed by atoms with E-state index in [0.29, 0.717) is 9.87 Å². The molecule has 1 fully saturated rings. The monoisotopic (exact) mass is 451 g/mol. The molecule has 1 amide bonds. The highest BCUT2D eigenvalue weighted by molar-refractivity contribution is 7.94. The topological polar surface area (TPSA) is 104 Å². The van der Waals surface area contributed by atoms with Gasteiger partial charge in [-0.15, -0.1) is 0 Å². The number of likely N-dealkylation sites (N-methyl/N-ethyl adjacent to an activating group) is 1.